The van der Waals surface area contributed by atoms with Gasteiger partial charge in [-0.2, -0.15) is 0 Å². The zero-order chi connectivity index (χ0) is 15.8. The van der Waals surface area contributed by atoms with Gasteiger partial charge in [-0.3, -0.25) is 0 Å². The second kappa shape index (κ2) is 9.96. The molecule has 0 saturated carbocycles. The lowest BCUT2D eigenvalue weighted by Gasteiger charge is -2.48. The van der Waals surface area contributed by atoms with Crippen LogP contribution in [0.25, 0.3) is 0 Å². The van der Waals surface area contributed by atoms with E-state index >= 15 is 0 Å². The normalized spacial score (nSPS) is 18.1. The second-order valence-corrected chi connectivity index (χ2v) is 6.10. The molecule has 117 valence electrons. The van der Waals surface area contributed by atoms with Crippen molar-refractivity contribution < 1.29 is 0 Å². The van der Waals surface area contributed by atoms with E-state index in [4.69, 9.17) is 0 Å². The monoisotopic (exact) mass is 288 g/mol. The summed E-state index contributed by atoms with van der Waals surface area (Å²) in [4.78, 5) is 0. The fourth-order valence-corrected chi connectivity index (χ4v) is 3.25. The molecule has 1 saturated heterocycles. The van der Waals surface area contributed by atoms with E-state index in [2.05, 4.69) is 78.4 Å². The maximum atomic E-state index is 2.44. The molecule has 0 bridgehead atoms. The molecule has 3 nitrogen and oxygen atoms in total. The summed E-state index contributed by atoms with van der Waals surface area (Å²) >= 11 is 0. The van der Waals surface area contributed by atoms with Crippen LogP contribution in [-0.2, 0) is 0 Å². The van der Waals surface area contributed by atoms with Crippen molar-refractivity contribution in [3.05, 3.63) is 0 Å². The van der Waals surface area contributed by atoms with Crippen molar-refractivity contribution in [3.8, 4) is 0 Å². The molecule has 3 radical (unpaired) electrons. The molecule has 21 heavy (non-hydrogen) atoms. The fraction of sp³-hybridized carbons (Fsp3) is 1.00. The molecule has 1 heterocycles. The van der Waals surface area contributed by atoms with Gasteiger partial charge in [-0.1, -0.05) is 41.5 Å². The first-order chi connectivity index (χ1) is 10.1. The van der Waals surface area contributed by atoms with Gasteiger partial charge in [0.1, 0.15) is 0 Å². The van der Waals surface area contributed by atoms with E-state index in [1.807, 2.05) is 0 Å². The van der Waals surface area contributed by atoms with Crippen molar-refractivity contribution in [1.82, 2.24) is 14.2 Å². The smallest absolute Gasteiger partial charge is 0.290 e. The molecule has 0 aromatic rings. The van der Waals surface area contributed by atoms with E-state index < -0.39 is 0 Å². The van der Waals surface area contributed by atoms with Crippen LogP contribution in [0.4, 0.5) is 0 Å². The highest BCUT2D eigenvalue weighted by Gasteiger charge is 2.35. The van der Waals surface area contributed by atoms with Crippen LogP contribution in [0.15, 0.2) is 0 Å². The quantitative estimate of drug-likeness (QED) is 0.604. The first-order valence-corrected chi connectivity index (χ1v) is 9.02. The molecule has 1 aliphatic rings. The number of hydrogen-bond acceptors (Lipinski definition) is 3. The SMILES string of the molecule is CCC(CC)N1[B]N(C(CC)CC)[B]N(C(CC)CC)[B]1. The van der Waals surface area contributed by atoms with Crippen molar-refractivity contribution in [2.45, 2.75) is 98.2 Å². The van der Waals surface area contributed by atoms with E-state index in [1.54, 1.807) is 0 Å². The molecule has 0 aliphatic carbocycles. The summed E-state index contributed by atoms with van der Waals surface area (Å²) in [5.41, 5.74) is 0. The van der Waals surface area contributed by atoms with Crippen LogP contribution >= 0.6 is 0 Å². The highest BCUT2D eigenvalue weighted by atomic mass is 15.3. The summed E-state index contributed by atoms with van der Waals surface area (Å²) in [6.45, 7) is 13.7. The van der Waals surface area contributed by atoms with Crippen molar-refractivity contribution in [1.29, 1.82) is 0 Å². The maximum absolute atomic E-state index is 2.44. The number of rotatable bonds is 9. The van der Waals surface area contributed by atoms with Gasteiger partial charge in [-0.05, 0) is 56.7 Å². The molecule has 0 atom stereocenters. The Morgan fingerprint density at radius 3 is 0.810 bits per heavy atom. The summed E-state index contributed by atoms with van der Waals surface area (Å²) in [6.07, 6.45) is 7.15. The van der Waals surface area contributed by atoms with Crippen LogP contribution in [-0.4, -0.2) is 54.9 Å². The van der Waals surface area contributed by atoms with Gasteiger partial charge in [0.15, 0.2) is 0 Å². The van der Waals surface area contributed by atoms with Gasteiger partial charge < -0.3 is 14.2 Å². The van der Waals surface area contributed by atoms with Crippen molar-refractivity contribution in [3.63, 3.8) is 0 Å². The van der Waals surface area contributed by atoms with Gasteiger partial charge in [-0.15, -0.1) is 0 Å². The molecule has 0 spiro atoms. The minimum Gasteiger partial charge on any atom is -0.362 e. The Labute approximate surface area is 135 Å². The summed E-state index contributed by atoms with van der Waals surface area (Å²) in [5, 5.41) is 0. The van der Waals surface area contributed by atoms with Crippen molar-refractivity contribution in [2.24, 2.45) is 0 Å². The van der Waals surface area contributed by atoms with E-state index in [9.17, 15) is 0 Å². The maximum Gasteiger partial charge on any atom is 0.290 e. The van der Waals surface area contributed by atoms with Gasteiger partial charge in [-0.25, -0.2) is 0 Å². The standard InChI is InChI=1S/C15H33B3N3/c1-7-13(8-2)19-16-20(14(9-3)10-4)18-21(17-19)15(11-5)12-6/h13-15H,7-12H2,1-6H3. The zero-order valence-corrected chi connectivity index (χ0v) is 15.0. The lowest BCUT2D eigenvalue weighted by Crippen LogP contribution is -2.67. The van der Waals surface area contributed by atoms with Gasteiger partial charge in [0, 0.05) is 0 Å². The third kappa shape index (κ3) is 5.04. The molecule has 0 unspecified atom stereocenters. The largest absolute Gasteiger partial charge is 0.362 e. The van der Waals surface area contributed by atoms with E-state index in [1.165, 1.54) is 38.5 Å². The average molecular weight is 288 g/mol. The van der Waals surface area contributed by atoms with Crippen LogP contribution < -0.4 is 0 Å². The Bertz CT molecular complexity index is 220. The Morgan fingerprint density at radius 2 is 0.667 bits per heavy atom. The molecule has 0 N–H and O–H groups in total. The highest BCUT2D eigenvalue weighted by Crippen LogP contribution is 2.19. The summed E-state index contributed by atoms with van der Waals surface area (Å²) < 4.78 is 7.32. The fourth-order valence-electron chi connectivity index (χ4n) is 3.25. The summed E-state index contributed by atoms with van der Waals surface area (Å²) in [6, 6.07) is 1.81. The molecule has 6 heteroatoms. The van der Waals surface area contributed by atoms with E-state index in [0.29, 0.717) is 18.1 Å². The minimum atomic E-state index is 0.604. The van der Waals surface area contributed by atoms with Gasteiger partial charge in [0.25, 0.3) is 22.6 Å². The Hall–Kier alpha value is 0.0748. The predicted molar refractivity (Wildman–Crippen MR) is 95.9 cm³/mol. The Kier molecular flexibility index (Phi) is 9.07. The summed E-state index contributed by atoms with van der Waals surface area (Å²) in [5.74, 6) is 0. The first kappa shape index (κ1) is 19.1. The van der Waals surface area contributed by atoms with Crippen LogP contribution in [0.3, 0.4) is 0 Å². The van der Waals surface area contributed by atoms with Crippen LogP contribution in [0, 0.1) is 0 Å². The van der Waals surface area contributed by atoms with Crippen LogP contribution in [0.1, 0.15) is 80.1 Å². The average Bonchev–Trinajstić information content (AvgIpc) is 2.51. The molecule has 1 fully saturated rings. The number of hydrogen-bond donors (Lipinski definition) is 0. The second-order valence-electron chi connectivity index (χ2n) is 6.10. The topological polar surface area (TPSA) is 9.72 Å². The molecular weight excluding hydrogens is 255 g/mol. The van der Waals surface area contributed by atoms with Crippen LogP contribution in [0.2, 0.25) is 0 Å². The molecule has 0 amide bonds. The Balaban J connectivity index is 2.86. The summed E-state index contributed by atoms with van der Waals surface area (Å²) in [7, 11) is 6.98. The number of nitrogens with zero attached hydrogens (tertiary/aromatic N) is 3. The first-order valence-electron chi connectivity index (χ1n) is 9.02. The lowest BCUT2D eigenvalue weighted by molar-refractivity contribution is 0.314. The van der Waals surface area contributed by atoms with Gasteiger partial charge >= 0.3 is 0 Å². The van der Waals surface area contributed by atoms with E-state index in [-0.39, 0.29) is 0 Å². The molecule has 0 aromatic heterocycles. The van der Waals surface area contributed by atoms with Gasteiger partial charge in [0.05, 0.1) is 0 Å². The van der Waals surface area contributed by atoms with E-state index in [0.717, 1.165) is 0 Å². The van der Waals surface area contributed by atoms with Crippen LogP contribution in [0.5, 0.6) is 0 Å². The third-order valence-corrected chi connectivity index (χ3v) is 4.89. The lowest BCUT2D eigenvalue weighted by atomic mass is 9.68. The third-order valence-electron chi connectivity index (χ3n) is 4.89. The van der Waals surface area contributed by atoms with Crippen molar-refractivity contribution >= 4 is 22.6 Å². The highest BCUT2D eigenvalue weighted by molar-refractivity contribution is 6.65. The predicted octanol–water partition coefficient (Wildman–Crippen LogP) is 3.07. The van der Waals surface area contributed by atoms with Crippen molar-refractivity contribution in [2.75, 3.05) is 0 Å². The molecule has 1 rings (SSSR count). The molecular formula is C15H33B3N3. The molecule has 1 aliphatic heterocycles. The van der Waals surface area contributed by atoms with Gasteiger partial charge in [0.2, 0.25) is 0 Å². The minimum absolute atomic E-state index is 0.604. The zero-order valence-electron chi connectivity index (χ0n) is 15.0. The molecule has 0 aromatic carbocycles. The Morgan fingerprint density at radius 1 is 0.476 bits per heavy atom.